The second kappa shape index (κ2) is 6.02. The van der Waals surface area contributed by atoms with Crippen molar-refractivity contribution in [3.63, 3.8) is 0 Å². The van der Waals surface area contributed by atoms with Crippen LogP contribution in [0.3, 0.4) is 0 Å². The van der Waals surface area contributed by atoms with Crippen molar-refractivity contribution in [1.29, 1.82) is 0 Å². The van der Waals surface area contributed by atoms with Crippen LogP contribution in [0.25, 0.3) is 0 Å². The van der Waals surface area contributed by atoms with Crippen LogP contribution in [-0.2, 0) is 10.0 Å². The average Bonchev–Trinajstić information content (AvgIpc) is 2.25. The van der Waals surface area contributed by atoms with Gasteiger partial charge in [0.25, 0.3) is 0 Å². The average molecular weight is 256 g/mol. The minimum Gasteiger partial charge on any atom is -0.316 e. The third-order valence-corrected chi connectivity index (χ3v) is 3.94. The van der Waals surface area contributed by atoms with E-state index in [0.29, 0.717) is 12.2 Å². The third kappa shape index (κ3) is 4.36. The Morgan fingerprint density at radius 3 is 2.59 bits per heavy atom. The highest BCUT2D eigenvalue weighted by Gasteiger charge is 2.11. The Balaban J connectivity index is 2.73. The maximum atomic E-state index is 11.8. The summed E-state index contributed by atoms with van der Waals surface area (Å²) in [6.07, 6.45) is 0. The van der Waals surface area contributed by atoms with Crippen molar-refractivity contribution < 1.29 is 8.42 Å². The molecule has 0 radical (unpaired) electrons. The van der Waals surface area contributed by atoms with E-state index in [1.54, 1.807) is 6.07 Å². The van der Waals surface area contributed by atoms with E-state index in [4.69, 9.17) is 0 Å². The molecule has 0 aliphatic heterocycles. The largest absolute Gasteiger partial charge is 0.316 e. The molecule has 17 heavy (non-hydrogen) atoms. The molecule has 0 bridgehead atoms. The third-order valence-electron chi connectivity index (χ3n) is 2.67. The predicted molar refractivity (Wildman–Crippen MR) is 71.9 cm³/mol. The zero-order valence-corrected chi connectivity index (χ0v) is 11.4. The summed E-state index contributed by atoms with van der Waals surface area (Å²) in [6, 6.07) is 5.60. The molecule has 1 aromatic carbocycles. The molecule has 0 spiro atoms. The first-order valence-electron chi connectivity index (χ1n) is 5.73. The molecule has 0 saturated heterocycles. The van der Waals surface area contributed by atoms with Gasteiger partial charge in [0.1, 0.15) is 0 Å². The lowest BCUT2D eigenvalue weighted by atomic mass is 10.1. The van der Waals surface area contributed by atoms with Gasteiger partial charge in [0, 0.05) is 6.54 Å². The normalized spacial score (nSPS) is 11.5. The molecule has 0 atom stereocenters. The Kier molecular flexibility index (Phi) is 4.96. The first-order chi connectivity index (χ1) is 7.96. The van der Waals surface area contributed by atoms with E-state index in [1.165, 1.54) is 0 Å². The fourth-order valence-corrected chi connectivity index (χ4v) is 2.53. The lowest BCUT2D eigenvalue weighted by Crippen LogP contribution is -2.26. The van der Waals surface area contributed by atoms with Gasteiger partial charge in [-0.3, -0.25) is 4.72 Å². The van der Waals surface area contributed by atoms with Crippen LogP contribution < -0.4 is 10.0 Å². The summed E-state index contributed by atoms with van der Waals surface area (Å²) in [5.74, 6) is 0.0915. The molecular weight excluding hydrogens is 236 g/mol. The summed E-state index contributed by atoms with van der Waals surface area (Å²) >= 11 is 0. The highest BCUT2D eigenvalue weighted by molar-refractivity contribution is 7.92. The monoisotopic (exact) mass is 256 g/mol. The summed E-state index contributed by atoms with van der Waals surface area (Å²) in [7, 11) is -3.26. The number of rotatable bonds is 6. The Bertz CT molecular complexity index is 469. The Morgan fingerprint density at radius 1 is 1.24 bits per heavy atom. The molecule has 0 heterocycles. The molecule has 0 aliphatic carbocycles. The first-order valence-corrected chi connectivity index (χ1v) is 7.39. The van der Waals surface area contributed by atoms with Crippen LogP contribution in [0.5, 0.6) is 0 Å². The molecular formula is C12H20N2O2S. The van der Waals surface area contributed by atoms with Crippen LogP contribution in [-0.4, -0.2) is 27.3 Å². The molecule has 0 amide bonds. The van der Waals surface area contributed by atoms with Crippen LogP contribution in [0, 0.1) is 13.8 Å². The van der Waals surface area contributed by atoms with Crippen LogP contribution in [0.4, 0.5) is 5.69 Å². The lowest BCUT2D eigenvalue weighted by Gasteiger charge is -2.12. The number of nitrogens with one attached hydrogen (secondary N) is 2. The van der Waals surface area contributed by atoms with Crippen molar-refractivity contribution >= 4 is 15.7 Å². The quantitative estimate of drug-likeness (QED) is 0.761. The van der Waals surface area contributed by atoms with Crippen molar-refractivity contribution in [1.82, 2.24) is 5.32 Å². The molecule has 0 aromatic heterocycles. The SMILES string of the molecule is CCNCCS(=O)(=O)Nc1cccc(C)c1C. The topological polar surface area (TPSA) is 58.2 Å². The van der Waals surface area contributed by atoms with Gasteiger partial charge in [-0.05, 0) is 37.6 Å². The molecule has 2 N–H and O–H groups in total. The van der Waals surface area contributed by atoms with Gasteiger partial charge in [0.05, 0.1) is 11.4 Å². The van der Waals surface area contributed by atoms with Gasteiger partial charge < -0.3 is 5.32 Å². The fourth-order valence-electron chi connectivity index (χ4n) is 1.46. The van der Waals surface area contributed by atoms with Crippen LogP contribution >= 0.6 is 0 Å². The van der Waals surface area contributed by atoms with E-state index in [2.05, 4.69) is 10.0 Å². The van der Waals surface area contributed by atoms with Gasteiger partial charge in [-0.1, -0.05) is 19.1 Å². The standard InChI is InChI=1S/C12H20N2O2S/c1-4-13-8-9-17(15,16)14-12-7-5-6-10(2)11(12)3/h5-7,13-14H,4,8-9H2,1-3H3. The molecule has 1 rings (SSSR count). The zero-order chi connectivity index (χ0) is 12.9. The number of sulfonamides is 1. The molecule has 4 nitrogen and oxygen atoms in total. The predicted octanol–water partition coefficient (Wildman–Crippen LogP) is 1.65. The molecule has 0 fully saturated rings. The van der Waals surface area contributed by atoms with Gasteiger partial charge in [-0.15, -0.1) is 0 Å². The second-order valence-corrected chi connectivity index (χ2v) is 5.86. The highest BCUT2D eigenvalue weighted by Crippen LogP contribution is 2.19. The van der Waals surface area contributed by atoms with E-state index in [1.807, 2.05) is 32.9 Å². The summed E-state index contributed by atoms with van der Waals surface area (Å²) in [5.41, 5.74) is 2.72. The molecule has 0 unspecified atom stereocenters. The second-order valence-electron chi connectivity index (χ2n) is 4.02. The smallest absolute Gasteiger partial charge is 0.233 e. The molecule has 0 saturated carbocycles. The van der Waals surface area contributed by atoms with Crippen molar-refractivity contribution in [3.05, 3.63) is 29.3 Å². The highest BCUT2D eigenvalue weighted by atomic mass is 32.2. The minimum absolute atomic E-state index is 0.0915. The van der Waals surface area contributed by atoms with Crippen molar-refractivity contribution in [2.45, 2.75) is 20.8 Å². The maximum Gasteiger partial charge on any atom is 0.233 e. The van der Waals surface area contributed by atoms with Gasteiger partial charge in [0.15, 0.2) is 0 Å². The van der Waals surface area contributed by atoms with Gasteiger partial charge in [-0.2, -0.15) is 0 Å². The van der Waals surface area contributed by atoms with E-state index in [0.717, 1.165) is 17.7 Å². The Labute approximate surface area is 103 Å². The van der Waals surface area contributed by atoms with E-state index in [9.17, 15) is 8.42 Å². The number of anilines is 1. The lowest BCUT2D eigenvalue weighted by molar-refractivity contribution is 0.597. The summed E-state index contributed by atoms with van der Waals surface area (Å²) in [6.45, 7) is 7.07. The van der Waals surface area contributed by atoms with Crippen molar-refractivity contribution in [2.75, 3.05) is 23.6 Å². The van der Waals surface area contributed by atoms with Crippen molar-refractivity contribution in [2.24, 2.45) is 0 Å². The van der Waals surface area contributed by atoms with Crippen LogP contribution in [0.1, 0.15) is 18.1 Å². The van der Waals surface area contributed by atoms with E-state index < -0.39 is 10.0 Å². The number of hydrogen-bond acceptors (Lipinski definition) is 3. The minimum atomic E-state index is -3.26. The summed E-state index contributed by atoms with van der Waals surface area (Å²) < 4.78 is 26.2. The van der Waals surface area contributed by atoms with E-state index >= 15 is 0 Å². The Hall–Kier alpha value is -1.07. The number of benzene rings is 1. The first kappa shape index (κ1) is 14.0. The van der Waals surface area contributed by atoms with E-state index in [-0.39, 0.29) is 5.75 Å². The summed E-state index contributed by atoms with van der Waals surface area (Å²) in [4.78, 5) is 0. The van der Waals surface area contributed by atoms with Crippen LogP contribution in [0.2, 0.25) is 0 Å². The van der Waals surface area contributed by atoms with Gasteiger partial charge >= 0.3 is 0 Å². The number of hydrogen-bond donors (Lipinski definition) is 2. The van der Waals surface area contributed by atoms with Crippen molar-refractivity contribution in [3.8, 4) is 0 Å². The van der Waals surface area contributed by atoms with Crippen LogP contribution in [0.15, 0.2) is 18.2 Å². The zero-order valence-electron chi connectivity index (χ0n) is 10.6. The molecule has 0 aliphatic rings. The molecule has 1 aromatic rings. The fraction of sp³-hybridized carbons (Fsp3) is 0.500. The summed E-state index contributed by atoms with van der Waals surface area (Å²) in [5, 5.41) is 3.00. The van der Waals surface area contributed by atoms with Gasteiger partial charge in [-0.25, -0.2) is 8.42 Å². The Morgan fingerprint density at radius 2 is 1.94 bits per heavy atom. The molecule has 5 heteroatoms. The maximum absolute atomic E-state index is 11.8. The van der Waals surface area contributed by atoms with Gasteiger partial charge in [0.2, 0.25) is 10.0 Å². The number of aryl methyl sites for hydroxylation is 1. The molecule has 96 valence electrons.